The summed E-state index contributed by atoms with van der Waals surface area (Å²) in [6.07, 6.45) is 2.30. The van der Waals surface area contributed by atoms with Crippen LogP contribution in [0.15, 0.2) is 48.5 Å². The fourth-order valence-electron chi connectivity index (χ4n) is 2.39. The first-order valence-electron chi connectivity index (χ1n) is 8.13. The van der Waals surface area contributed by atoms with Gasteiger partial charge >= 0.3 is 0 Å². The molecule has 0 unspecified atom stereocenters. The second kappa shape index (κ2) is 8.28. The third-order valence-corrected chi connectivity index (χ3v) is 3.88. The lowest BCUT2D eigenvalue weighted by atomic mass is 10.0. The van der Waals surface area contributed by atoms with Crippen molar-refractivity contribution in [3.63, 3.8) is 0 Å². The maximum Gasteiger partial charge on any atom is 0.224 e. The van der Waals surface area contributed by atoms with E-state index in [1.807, 2.05) is 48.5 Å². The first kappa shape index (κ1) is 16.9. The van der Waals surface area contributed by atoms with Gasteiger partial charge in [0.05, 0.1) is 0 Å². The van der Waals surface area contributed by atoms with Crippen molar-refractivity contribution in [2.45, 2.75) is 39.5 Å². The van der Waals surface area contributed by atoms with E-state index in [-0.39, 0.29) is 24.5 Å². The van der Waals surface area contributed by atoms with E-state index in [9.17, 15) is 9.59 Å². The van der Waals surface area contributed by atoms with Crippen LogP contribution in [0, 0.1) is 0 Å². The molecule has 1 N–H and O–H groups in total. The number of amides is 1. The Morgan fingerprint density at radius 3 is 2.22 bits per heavy atom. The molecule has 0 atom stereocenters. The van der Waals surface area contributed by atoms with E-state index in [0.29, 0.717) is 5.56 Å². The number of carbonyl (C=O) groups is 2. The average Bonchev–Trinajstić information content (AvgIpc) is 2.60. The third-order valence-electron chi connectivity index (χ3n) is 3.88. The maximum atomic E-state index is 12.1. The molecule has 3 heteroatoms. The fourth-order valence-corrected chi connectivity index (χ4v) is 2.39. The highest BCUT2D eigenvalue weighted by atomic mass is 16.2. The number of hydrogen-bond acceptors (Lipinski definition) is 2. The number of Topliss-reactive ketones (excluding diaryl/α,β-unsaturated/α-hetero) is 1. The summed E-state index contributed by atoms with van der Waals surface area (Å²) < 4.78 is 0. The van der Waals surface area contributed by atoms with Gasteiger partial charge in [-0.1, -0.05) is 50.2 Å². The van der Waals surface area contributed by atoms with Gasteiger partial charge in [-0.25, -0.2) is 0 Å². The predicted octanol–water partition coefficient (Wildman–Crippen LogP) is 4.41. The van der Waals surface area contributed by atoms with Gasteiger partial charge in [0.15, 0.2) is 5.78 Å². The summed E-state index contributed by atoms with van der Waals surface area (Å²) >= 11 is 0. The Kier molecular flexibility index (Phi) is 6.10. The monoisotopic (exact) mass is 309 g/mol. The number of rotatable bonds is 7. The fraction of sp³-hybridized carbons (Fsp3) is 0.300. The number of carbonyl (C=O) groups excluding carboxylic acids is 2. The number of ketones is 1. The minimum atomic E-state index is -0.128. The van der Waals surface area contributed by atoms with Crippen LogP contribution in [-0.2, 0) is 17.6 Å². The number of aryl methyl sites for hydroxylation is 2. The molecule has 0 fully saturated rings. The molecule has 0 saturated carbocycles. The molecule has 0 bridgehead atoms. The topological polar surface area (TPSA) is 46.2 Å². The molecule has 0 saturated heterocycles. The van der Waals surface area contributed by atoms with Crippen LogP contribution in [0.4, 0.5) is 5.69 Å². The lowest BCUT2D eigenvalue weighted by Crippen LogP contribution is -2.13. The first-order chi connectivity index (χ1) is 11.1. The zero-order valence-electron chi connectivity index (χ0n) is 13.8. The molecule has 0 spiro atoms. The Morgan fingerprint density at radius 1 is 0.870 bits per heavy atom. The molecule has 1 amide bonds. The molecule has 0 aromatic heterocycles. The summed E-state index contributed by atoms with van der Waals surface area (Å²) in [5.41, 5.74) is 3.84. The second-order valence-electron chi connectivity index (χ2n) is 5.58. The van der Waals surface area contributed by atoms with Gasteiger partial charge in [0.1, 0.15) is 0 Å². The maximum absolute atomic E-state index is 12.1. The smallest absolute Gasteiger partial charge is 0.224 e. The Labute approximate surface area is 137 Å². The van der Waals surface area contributed by atoms with Gasteiger partial charge in [-0.3, -0.25) is 9.59 Å². The van der Waals surface area contributed by atoms with E-state index in [0.717, 1.165) is 18.5 Å². The molecule has 0 aliphatic rings. The molecule has 2 rings (SSSR count). The average molecular weight is 309 g/mol. The number of hydrogen-bond donors (Lipinski definition) is 1. The summed E-state index contributed by atoms with van der Waals surface area (Å²) in [5, 5.41) is 2.85. The molecule has 2 aromatic rings. The highest BCUT2D eigenvalue weighted by molar-refractivity contribution is 6.00. The zero-order chi connectivity index (χ0) is 16.7. The molecule has 23 heavy (non-hydrogen) atoms. The highest BCUT2D eigenvalue weighted by Crippen LogP contribution is 2.13. The largest absolute Gasteiger partial charge is 0.326 e. The van der Waals surface area contributed by atoms with E-state index in [1.165, 1.54) is 11.1 Å². The second-order valence-corrected chi connectivity index (χ2v) is 5.58. The van der Waals surface area contributed by atoms with E-state index >= 15 is 0 Å². The van der Waals surface area contributed by atoms with Crippen LogP contribution in [0.3, 0.4) is 0 Å². The van der Waals surface area contributed by atoms with Crippen LogP contribution < -0.4 is 5.32 Å². The molecule has 0 aliphatic heterocycles. The molecule has 0 aliphatic carbocycles. The minimum Gasteiger partial charge on any atom is -0.326 e. The van der Waals surface area contributed by atoms with E-state index in [4.69, 9.17) is 0 Å². The molecular weight excluding hydrogens is 286 g/mol. The van der Waals surface area contributed by atoms with Gasteiger partial charge in [-0.05, 0) is 36.1 Å². The van der Waals surface area contributed by atoms with Gasteiger partial charge in [-0.15, -0.1) is 0 Å². The van der Waals surface area contributed by atoms with Crippen LogP contribution >= 0.6 is 0 Å². The SMILES string of the molecule is CCc1ccc(C(=O)CCC(=O)Nc2cccc(CC)c2)cc1. The highest BCUT2D eigenvalue weighted by Gasteiger charge is 2.09. The summed E-state index contributed by atoms with van der Waals surface area (Å²) in [4.78, 5) is 24.1. The van der Waals surface area contributed by atoms with Crippen LogP contribution in [0.5, 0.6) is 0 Å². The Hall–Kier alpha value is -2.42. The predicted molar refractivity (Wildman–Crippen MR) is 93.8 cm³/mol. The number of anilines is 1. The van der Waals surface area contributed by atoms with Crippen LogP contribution in [0.1, 0.15) is 48.2 Å². The summed E-state index contributed by atoms with van der Waals surface area (Å²) in [6, 6.07) is 15.4. The van der Waals surface area contributed by atoms with Crippen LogP contribution in [-0.4, -0.2) is 11.7 Å². The lowest BCUT2D eigenvalue weighted by molar-refractivity contribution is -0.116. The lowest BCUT2D eigenvalue weighted by Gasteiger charge is -2.07. The molecular formula is C20H23NO2. The van der Waals surface area contributed by atoms with Gasteiger partial charge < -0.3 is 5.32 Å². The van der Waals surface area contributed by atoms with Gasteiger partial charge in [0.2, 0.25) is 5.91 Å². The Balaban J connectivity index is 1.86. The van der Waals surface area contributed by atoms with Crippen molar-refractivity contribution in [2.75, 3.05) is 5.32 Å². The van der Waals surface area contributed by atoms with Gasteiger partial charge in [-0.2, -0.15) is 0 Å². The van der Waals surface area contributed by atoms with Crippen LogP contribution in [0.25, 0.3) is 0 Å². The molecule has 2 aromatic carbocycles. The standard InChI is InChI=1S/C20H23NO2/c1-3-15-8-10-17(11-9-15)19(22)12-13-20(23)21-18-7-5-6-16(4-2)14-18/h5-11,14H,3-4,12-13H2,1-2H3,(H,21,23). The van der Waals surface area contributed by atoms with Crippen molar-refractivity contribution in [3.8, 4) is 0 Å². The van der Waals surface area contributed by atoms with Crippen molar-refractivity contribution in [3.05, 3.63) is 65.2 Å². The zero-order valence-corrected chi connectivity index (χ0v) is 13.8. The quantitative estimate of drug-likeness (QED) is 0.770. The Morgan fingerprint density at radius 2 is 1.57 bits per heavy atom. The minimum absolute atomic E-state index is 0.00473. The number of benzene rings is 2. The van der Waals surface area contributed by atoms with Crippen LogP contribution in [0.2, 0.25) is 0 Å². The molecule has 3 nitrogen and oxygen atoms in total. The van der Waals surface area contributed by atoms with Gasteiger partial charge in [0.25, 0.3) is 0 Å². The normalized spacial score (nSPS) is 10.3. The van der Waals surface area contributed by atoms with Gasteiger partial charge in [0, 0.05) is 24.1 Å². The van der Waals surface area contributed by atoms with Crippen molar-refractivity contribution in [1.29, 1.82) is 0 Å². The Bertz CT molecular complexity index is 674. The van der Waals surface area contributed by atoms with Crippen molar-refractivity contribution in [1.82, 2.24) is 0 Å². The summed E-state index contributed by atoms with van der Waals surface area (Å²) in [7, 11) is 0. The van der Waals surface area contributed by atoms with Crippen molar-refractivity contribution >= 4 is 17.4 Å². The first-order valence-corrected chi connectivity index (χ1v) is 8.13. The van der Waals surface area contributed by atoms with E-state index in [1.54, 1.807) is 0 Å². The van der Waals surface area contributed by atoms with E-state index in [2.05, 4.69) is 19.2 Å². The van der Waals surface area contributed by atoms with Crippen molar-refractivity contribution < 1.29 is 9.59 Å². The van der Waals surface area contributed by atoms with E-state index < -0.39 is 0 Å². The summed E-state index contributed by atoms with van der Waals surface area (Å²) in [5.74, 6) is -0.123. The molecule has 0 radical (unpaired) electrons. The molecule has 120 valence electrons. The summed E-state index contributed by atoms with van der Waals surface area (Å²) in [6.45, 7) is 4.15. The number of nitrogens with one attached hydrogen (secondary N) is 1. The van der Waals surface area contributed by atoms with Crippen molar-refractivity contribution in [2.24, 2.45) is 0 Å². The third kappa shape index (κ3) is 5.06. The molecule has 0 heterocycles.